The van der Waals surface area contributed by atoms with Gasteiger partial charge in [-0.15, -0.1) is 0 Å². The normalized spacial score (nSPS) is 21.9. The highest BCUT2D eigenvalue weighted by Gasteiger charge is 2.50. The Hall–Kier alpha value is -4.01. The average Bonchev–Trinajstić information content (AvgIpc) is 3.27. The van der Waals surface area contributed by atoms with Gasteiger partial charge in [-0.25, -0.2) is 9.18 Å². The zero-order chi connectivity index (χ0) is 23.9. The summed E-state index contributed by atoms with van der Waals surface area (Å²) < 4.78 is 19.5. The zero-order valence-electron chi connectivity index (χ0n) is 18.6. The molecular weight excluding hydrogens is 439 g/mol. The third kappa shape index (κ3) is 3.93. The number of ether oxygens (including phenoxy) is 1. The van der Waals surface area contributed by atoms with Gasteiger partial charge in [-0.1, -0.05) is 12.1 Å². The molecule has 34 heavy (non-hydrogen) atoms. The van der Waals surface area contributed by atoms with Crippen LogP contribution in [-0.4, -0.2) is 40.8 Å². The van der Waals surface area contributed by atoms with E-state index in [9.17, 15) is 18.8 Å². The molecule has 1 fully saturated rings. The number of nitrogens with one attached hydrogen (secondary N) is 2. The number of nitrogens with zero attached hydrogens (tertiary/aromatic N) is 2. The van der Waals surface area contributed by atoms with Crippen LogP contribution in [0.1, 0.15) is 29.7 Å². The molecule has 4 amide bonds. The summed E-state index contributed by atoms with van der Waals surface area (Å²) in [6.45, 7) is 2.56. The van der Waals surface area contributed by atoms with Gasteiger partial charge in [0.05, 0.1) is 12.3 Å². The SMILES string of the molecule is Cc1cc(COC2=CC3=C(CC2)C(=O)N(CC2(c4ccc(F)cc4)NC(=O)NC2=O)C3)ccn1. The molecule has 5 rings (SSSR count). The maximum absolute atomic E-state index is 13.5. The van der Waals surface area contributed by atoms with Crippen LogP contribution in [0.15, 0.2) is 65.6 Å². The standard InChI is InChI=1S/C25H23FN4O4/c1-15-10-16(8-9-27-15)13-34-20-6-7-21-17(11-20)12-30(22(21)31)14-25(23(32)28-24(33)29-25)18-2-4-19(26)5-3-18/h2-5,8-11H,6-7,12-14H2,1H3,(H2,28,29,32,33). The van der Waals surface area contributed by atoms with Gasteiger partial charge in [0.25, 0.3) is 11.8 Å². The van der Waals surface area contributed by atoms with Gasteiger partial charge >= 0.3 is 6.03 Å². The van der Waals surface area contributed by atoms with Crippen LogP contribution in [0.5, 0.6) is 0 Å². The molecule has 1 unspecified atom stereocenters. The van der Waals surface area contributed by atoms with Crippen molar-refractivity contribution in [3.8, 4) is 0 Å². The predicted molar refractivity (Wildman–Crippen MR) is 119 cm³/mol. The van der Waals surface area contributed by atoms with Crippen molar-refractivity contribution in [1.82, 2.24) is 20.5 Å². The molecule has 0 bridgehead atoms. The van der Waals surface area contributed by atoms with Gasteiger partial charge in [0.2, 0.25) is 0 Å². The fourth-order valence-corrected chi connectivity index (χ4v) is 4.65. The van der Waals surface area contributed by atoms with Gasteiger partial charge in [-0.05, 0) is 60.4 Å². The maximum atomic E-state index is 13.5. The smallest absolute Gasteiger partial charge is 0.322 e. The monoisotopic (exact) mass is 462 g/mol. The number of aryl methyl sites for hydroxylation is 1. The number of carbonyl (C=O) groups is 3. The molecule has 0 spiro atoms. The summed E-state index contributed by atoms with van der Waals surface area (Å²) in [6, 6.07) is 8.55. The minimum absolute atomic E-state index is 0.0671. The molecule has 0 radical (unpaired) electrons. The largest absolute Gasteiger partial charge is 0.493 e. The van der Waals surface area contributed by atoms with Crippen LogP contribution in [0.3, 0.4) is 0 Å². The molecule has 1 aromatic heterocycles. The van der Waals surface area contributed by atoms with Crippen molar-refractivity contribution < 1.29 is 23.5 Å². The van der Waals surface area contributed by atoms with Crippen LogP contribution in [0.4, 0.5) is 9.18 Å². The van der Waals surface area contributed by atoms with Crippen molar-refractivity contribution in [2.24, 2.45) is 0 Å². The summed E-state index contributed by atoms with van der Waals surface area (Å²) in [5.74, 6) is -0.417. The van der Waals surface area contributed by atoms with Crippen LogP contribution in [0.25, 0.3) is 0 Å². The summed E-state index contributed by atoms with van der Waals surface area (Å²) in [5.41, 5.74) is 2.38. The number of aromatic nitrogens is 1. The van der Waals surface area contributed by atoms with Crippen molar-refractivity contribution in [2.45, 2.75) is 31.9 Å². The van der Waals surface area contributed by atoms with Crippen molar-refractivity contribution in [3.05, 3.63) is 88.2 Å². The van der Waals surface area contributed by atoms with Gasteiger partial charge in [0.1, 0.15) is 12.4 Å². The number of imide groups is 1. The van der Waals surface area contributed by atoms with Gasteiger partial charge in [0.15, 0.2) is 5.54 Å². The molecule has 2 aliphatic heterocycles. The molecule has 2 aromatic rings. The van der Waals surface area contributed by atoms with E-state index in [0.717, 1.165) is 22.6 Å². The summed E-state index contributed by atoms with van der Waals surface area (Å²) in [4.78, 5) is 43.7. The first-order valence-electron chi connectivity index (χ1n) is 11.0. The molecule has 1 aliphatic carbocycles. The number of benzene rings is 1. The Balaban J connectivity index is 1.33. The van der Waals surface area contributed by atoms with Crippen LogP contribution in [0, 0.1) is 12.7 Å². The highest BCUT2D eigenvalue weighted by Crippen LogP contribution is 2.35. The number of carbonyl (C=O) groups excluding carboxylic acids is 3. The van der Waals surface area contributed by atoms with E-state index in [4.69, 9.17) is 4.74 Å². The van der Waals surface area contributed by atoms with E-state index in [1.54, 1.807) is 11.1 Å². The number of allylic oxidation sites excluding steroid dienone is 1. The Morgan fingerprint density at radius 3 is 2.65 bits per heavy atom. The second kappa shape index (κ2) is 8.40. The van der Waals surface area contributed by atoms with E-state index in [2.05, 4.69) is 15.6 Å². The first-order valence-corrected chi connectivity index (χ1v) is 11.0. The van der Waals surface area contributed by atoms with E-state index in [0.29, 0.717) is 37.1 Å². The summed E-state index contributed by atoms with van der Waals surface area (Å²) >= 11 is 0. The minimum atomic E-state index is -1.49. The molecule has 8 nitrogen and oxygen atoms in total. The van der Waals surface area contributed by atoms with Gasteiger partial charge in [-0.3, -0.25) is 19.9 Å². The molecule has 3 aliphatic rings. The lowest BCUT2D eigenvalue weighted by atomic mass is 9.89. The van der Waals surface area contributed by atoms with Crippen molar-refractivity contribution in [3.63, 3.8) is 0 Å². The highest BCUT2D eigenvalue weighted by atomic mass is 19.1. The van der Waals surface area contributed by atoms with Gasteiger partial charge < -0.3 is 15.0 Å². The van der Waals surface area contributed by atoms with E-state index in [1.165, 1.54) is 24.3 Å². The zero-order valence-corrected chi connectivity index (χ0v) is 18.6. The fourth-order valence-electron chi connectivity index (χ4n) is 4.65. The molecule has 2 N–H and O–H groups in total. The molecular formula is C25H23FN4O4. The first-order chi connectivity index (χ1) is 16.3. The second-order valence-corrected chi connectivity index (χ2v) is 8.69. The highest BCUT2D eigenvalue weighted by molar-refractivity contribution is 6.08. The first kappa shape index (κ1) is 21.8. The lowest BCUT2D eigenvalue weighted by Gasteiger charge is -2.31. The van der Waals surface area contributed by atoms with Crippen LogP contribution in [-0.2, 0) is 26.5 Å². The van der Waals surface area contributed by atoms with Crippen molar-refractivity contribution in [2.75, 3.05) is 13.1 Å². The van der Waals surface area contributed by atoms with E-state index >= 15 is 0 Å². The molecule has 1 aromatic carbocycles. The average molecular weight is 462 g/mol. The fraction of sp³-hybridized carbons (Fsp3) is 0.280. The Bertz CT molecular complexity index is 1250. The van der Waals surface area contributed by atoms with E-state index in [-0.39, 0.29) is 12.5 Å². The second-order valence-electron chi connectivity index (χ2n) is 8.69. The third-order valence-electron chi connectivity index (χ3n) is 6.34. The molecule has 174 valence electrons. The Morgan fingerprint density at radius 2 is 1.94 bits per heavy atom. The number of hydrogen-bond donors (Lipinski definition) is 2. The number of rotatable bonds is 6. The van der Waals surface area contributed by atoms with E-state index in [1.807, 2.05) is 25.1 Å². The predicted octanol–water partition coefficient (Wildman–Crippen LogP) is 2.60. The van der Waals surface area contributed by atoms with E-state index < -0.39 is 23.3 Å². The van der Waals surface area contributed by atoms with Crippen LogP contribution >= 0.6 is 0 Å². The molecule has 0 saturated carbocycles. The van der Waals surface area contributed by atoms with Crippen LogP contribution < -0.4 is 10.6 Å². The lowest BCUT2D eigenvalue weighted by molar-refractivity contribution is -0.129. The topological polar surface area (TPSA) is 101 Å². The number of urea groups is 1. The molecule has 1 saturated heterocycles. The van der Waals surface area contributed by atoms with Crippen molar-refractivity contribution >= 4 is 17.8 Å². The lowest BCUT2D eigenvalue weighted by Crippen LogP contribution is -2.53. The Morgan fingerprint density at radius 1 is 1.15 bits per heavy atom. The van der Waals surface area contributed by atoms with Gasteiger partial charge in [-0.2, -0.15) is 0 Å². The Labute approximate surface area is 195 Å². The number of pyridine rings is 1. The number of amides is 4. The molecule has 1 atom stereocenters. The summed E-state index contributed by atoms with van der Waals surface area (Å²) in [7, 11) is 0. The third-order valence-corrected chi connectivity index (χ3v) is 6.34. The number of halogens is 1. The van der Waals surface area contributed by atoms with Crippen LogP contribution in [0.2, 0.25) is 0 Å². The molecule has 3 heterocycles. The Kier molecular flexibility index (Phi) is 5.39. The quantitative estimate of drug-likeness (QED) is 0.643. The van der Waals surface area contributed by atoms with Gasteiger partial charge in [0, 0.05) is 30.4 Å². The summed E-state index contributed by atoms with van der Waals surface area (Å²) in [5, 5.41) is 4.90. The van der Waals surface area contributed by atoms with Crippen molar-refractivity contribution in [1.29, 1.82) is 0 Å². The molecule has 9 heteroatoms. The number of hydrogen-bond acceptors (Lipinski definition) is 5. The summed E-state index contributed by atoms with van der Waals surface area (Å²) in [6.07, 6.45) is 4.77. The minimum Gasteiger partial charge on any atom is -0.493 e. The maximum Gasteiger partial charge on any atom is 0.322 e.